The molecule has 0 aromatic heterocycles. The van der Waals surface area contributed by atoms with Crippen molar-refractivity contribution in [1.29, 1.82) is 0 Å². The number of carbonyl (C=O) groups is 2. The smallest absolute Gasteiger partial charge is 0.141 e. The molecule has 19 heavy (non-hydrogen) atoms. The van der Waals surface area contributed by atoms with E-state index < -0.39 is 11.9 Å². The maximum absolute atomic E-state index is 11.9. The Kier molecular flexibility index (Phi) is 11.6. The van der Waals surface area contributed by atoms with Crippen molar-refractivity contribution in [3.8, 4) is 0 Å². The van der Waals surface area contributed by atoms with E-state index in [9.17, 15) is 14.7 Å². The number of ketones is 1. The summed E-state index contributed by atoms with van der Waals surface area (Å²) in [7, 11) is 0. The number of unbranched alkanes of at least 4 members (excludes halogenated alkanes) is 7. The molecule has 1 atom stereocenters. The Hall–Kier alpha value is -0.860. The van der Waals surface area contributed by atoms with E-state index in [2.05, 4.69) is 13.8 Å². The average Bonchev–Trinajstić information content (AvgIpc) is 2.37. The monoisotopic (exact) mass is 269 g/mol. The van der Waals surface area contributed by atoms with Crippen molar-refractivity contribution in [2.45, 2.75) is 84.5 Å². The number of Topliss-reactive ketones (excluding diaryl/α,β-unsaturated/α-hetero) is 1. The molecule has 0 aliphatic heterocycles. The van der Waals surface area contributed by atoms with Crippen LogP contribution in [0, 0.1) is 5.92 Å². The molecule has 0 saturated heterocycles. The van der Waals surface area contributed by atoms with Crippen molar-refractivity contribution >= 4 is 11.8 Å². The largest absolute Gasteiger partial charge is 0.549 e. The van der Waals surface area contributed by atoms with Crippen LogP contribution in [0.15, 0.2) is 0 Å². The Morgan fingerprint density at radius 3 is 1.89 bits per heavy atom. The molecule has 0 unspecified atom stereocenters. The van der Waals surface area contributed by atoms with E-state index in [1.54, 1.807) is 0 Å². The molecule has 0 spiro atoms. The molecule has 0 aliphatic rings. The van der Waals surface area contributed by atoms with Gasteiger partial charge in [0, 0.05) is 6.42 Å². The zero-order chi connectivity index (χ0) is 14.5. The Balaban J connectivity index is 3.88. The van der Waals surface area contributed by atoms with Gasteiger partial charge in [0.1, 0.15) is 5.78 Å². The van der Waals surface area contributed by atoms with Gasteiger partial charge in [-0.3, -0.25) is 4.79 Å². The summed E-state index contributed by atoms with van der Waals surface area (Å²) in [5.41, 5.74) is 0. The number of carboxylic acids is 1. The first-order chi connectivity index (χ1) is 9.13. The Morgan fingerprint density at radius 1 is 0.842 bits per heavy atom. The van der Waals surface area contributed by atoms with Crippen LogP contribution in [0.5, 0.6) is 0 Å². The molecule has 0 N–H and O–H groups in total. The van der Waals surface area contributed by atoms with Crippen LogP contribution in [0.1, 0.15) is 84.5 Å². The van der Waals surface area contributed by atoms with E-state index in [0.717, 1.165) is 44.9 Å². The van der Waals surface area contributed by atoms with E-state index in [4.69, 9.17) is 0 Å². The zero-order valence-electron chi connectivity index (χ0n) is 12.6. The lowest BCUT2D eigenvalue weighted by molar-refractivity contribution is -0.310. The molecule has 0 fully saturated rings. The molecule has 0 bridgehead atoms. The first-order valence-corrected chi connectivity index (χ1v) is 7.87. The molecule has 0 aliphatic carbocycles. The van der Waals surface area contributed by atoms with Crippen molar-refractivity contribution in [2.75, 3.05) is 0 Å². The molecule has 3 nitrogen and oxygen atoms in total. The first kappa shape index (κ1) is 18.1. The fraction of sp³-hybridized carbons (Fsp3) is 0.875. The van der Waals surface area contributed by atoms with Crippen LogP contribution in [0.25, 0.3) is 0 Å². The summed E-state index contributed by atoms with van der Waals surface area (Å²) < 4.78 is 0. The van der Waals surface area contributed by atoms with Crippen molar-refractivity contribution in [1.82, 2.24) is 0 Å². The van der Waals surface area contributed by atoms with Crippen LogP contribution in [-0.2, 0) is 9.59 Å². The van der Waals surface area contributed by atoms with Crippen LogP contribution in [0.2, 0.25) is 0 Å². The summed E-state index contributed by atoms with van der Waals surface area (Å²) in [4.78, 5) is 22.9. The molecule has 0 amide bonds. The molecule has 3 heteroatoms. The fourth-order valence-electron chi connectivity index (χ4n) is 2.26. The van der Waals surface area contributed by atoms with E-state index in [1.807, 2.05) is 0 Å². The van der Waals surface area contributed by atoms with Gasteiger partial charge in [0.2, 0.25) is 0 Å². The summed E-state index contributed by atoms with van der Waals surface area (Å²) in [6.07, 6.45) is 10.2. The van der Waals surface area contributed by atoms with Gasteiger partial charge in [0.05, 0.1) is 11.9 Å². The molecular weight excluding hydrogens is 240 g/mol. The Morgan fingerprint density at radius 2 is 1.37 bits per heavy atom. The minimum Gasteiger partial charge on any atom is -0.549 e. The Bertz CT molecular complexity index is 248. The fourth-order valence-corrected chi connectivity index (χ4v) is 2.26. The highest BCUT2D eigenvalue weighted by atomic mass is 16.4. The topological polar surface area (TPSA) is 57.2 Å². The average molecular weight is 269 g/mol. The highest BCUT2D eigenvalue weighted by Gasteiger charge is 2.18. The number of carboxylic acid groups (broad SMARTS) is 1. The zero-order valence-corrected chi connectivity index (χ0v) is 12.6. The second kappa shape index (κ2) is 12.2. The van der Waals surface area contributed by atoms with E-state index in [-0.39, 0.29) is 5.78 Å². The van der Waals surface area contributed by atoms with Crippen molar-refractivity contribution < 1.29 is 14.7 Å². The van der Waals surface area contributed by atoms with Gasteiger partial charge in [-0.1, -0.05) is 65.2 Å². The normalized spacial score (nSPS) is 12.3. The molecule has 112 valence electrons. The van der Waals surface area contributed by atoms with Gasteiger partial charge < -0.3 is 9.90 Å². The van der Waals surface area contributed by atoms with Gasteiger partial charge in [-0.15, -0.1) is 0 Å². The SMILES string of the molecule is CCCCCCCC(=O)[C@@H](CCCCCC)C(=O)[O-]. The third-order valence-electron chi connectivity index (χ3n) is 3.55. The highest BCUT2D eigenvalue weighted by Crippen LogP contribution is 2.15. The summed E-state index contributed by atoms with van der Waals surface area (Å²) in [6, 6.07) is 0. The van der Waals surface area contributed by atoms with Gasteiger partial charge in [0.15, 0.2) is 0 Å². The number of rotatable bonds is 13. The third kappa shape index (κ3) is 9.69. The van der Waals surface area contributed by atoms with Gasteiger partial charge in [-0.25, -0.2) is 0 Å². The maximum Gasteiger partial charge on any atom is 0.141 e. The van der Waals surface area contributed by atoms with Crippen LogP contribution in [-0.4, -0.2) is 11.8 Å². The number of carbonyl (C=O) groups excluding carboxylic acids is 2. The maximum atomic E-state index is 11.9. The van der Waals surface area contributed by atoms with Crippen LogP contribution >= 0.6 is 0 Å². The summed E-state index contributed by atoms with van der Waals surface area (Å²) in [5, 5.41) is 11.0. The van der Waals surface area contributed by atoms with Crippen molar-refractivity contribution in [3.63, 3.8) is 0 Å². The van der Waals surface area contributed by atoms with Gasteiger partial charge in [0.25, 0.3) is 0 Å². The lowest BCUT2D eigenvalue weighted by Crippen LogP contribution is -2.36. The third-order valence-corrected chi connectivity index (χ3v) is 3.55. The van der Waals surface area contributed by atoms with Gasteiger partial charge in [-0.2, -0.15) is 0 Å². The molecule has 0 saturated carbocycles. The summed E-state index contributed by atoms with van der Waals surface area (Å²) >= 11 is 0. The first-order valence-electron chi connectivity index (χ1n) is 7.87. The van der Waals surface area contributed by atoms with Gasteiger partial charge >= 0.3 is 0 Å². The summed E-state index contributed by atoms with van der Waals surface area (Å²) in [5.74, 6) is -2.19. The predicted octanol–water partition coefficient (Wildman–Crippen LogP) is 3.25. The quantitative estimate of drug-likeness (QED) is 0.381. The minimum atomic E-state index is -1.19. The van der Waals surface area contributed by atoms with E-state index in [1.165, 1.54) is 12.8 Å². The highest BCUT2D eigenvalue weighted by molar-refractivity contribution is 5.97. The second-order valence-electron chi connectivity index (χ2n) is 5.35. The molecule has 0 heterocycles. The molecule has 0 rings (SSSR count). The van der Waals surface area contributed by atoms with Crippen LogP contribution in [0.3, 0.4) is 0 Å². The molecular formula is C16H29O3-. The van der Waals surface area contributed by atoms with Crippen LogP contribution < -0.4 is 5.11 Å². The Labute approximate surface area is 117 Å². The lowest BCUT2D eigenvalue weighted by Gasteiger charge is -2.16. The van der Waals surface area contributed by atoms with Crippen molar-refractivity contribution in [3.05, 3.63) is 0 Å². The number of aliphatic carboxylic acids is 1. The number of hydrogen-bond donors (Lipinski definition) is 0. The molecule has 0 aromatic carbocycles. The predicted molar refractivity (Wildman–Crippen MR) is 75.6 cm³/mol. The second-order valence-corrected chi connectivity index (χ2v) is 5.35. The minimum absolute atomic E-state index is 0.131. The summed E-state index contributed by atoms with van der Waals surface area (Å²) in [6.45, 7) is 4.26. The standard InChI is InChI=1S/C16H30O3/c1-3-5-7-9-11-13-15(17)14(16(18)19)12-10-8-6-4-2/h14H,3-13H2,1-2H3,(H,18,19)/p-1/t14-/m1/s1. The lowest BCUT2D eigenvalue weighted by atomic mass is 9.93. The number of hydrogen-bond acceptors (Lipinski definition) is 3. The molecule has 0 aromatic rings. The molecule has 0 radical (unpaired) electrons. The van der Waals surface area contributed by atoms with Crippen molar-refractivity contribution in [2.24, 2.45) is 5.92 Å². The van der Waals surface area contributed by atoms with Gasteiger partial charge in [-0.05, 0) is 12.8 Å². The van der Waals surface area contributed by atoms with E-state index in [0.29, 0.717) is 12.8 Å². The van der Waals surface area contributed by atoms with Crippen LogP contribution in [0.4, 0.5) is 0 Å². The van der Waals surface area contributed by atoms with E-state index >= 15 is 0 Å².